The molecule has 3 heteroatoms. The lowest BCUT2D eigenvalue weighted by atomic mass is 10.1. The van der Waals surface area contributed by atoms with E-state index in [9.17, 15) is 0 Å². The SMILES string of the molecule is CCCC1CN(CCOCC(C)C)c2ccccc2CN1. The summed E-state index contributed by atoms with van der Waals surface area (Å²) < 4.78 is 5.79. The number of anilines is 1. The maximum atomic E-state index is 5.79. The summed E-state index contributed by atoms with van der Waals surface area (Å²) >= 11 is 0. The first-order chi connectivity index (χ1) is 10.2. The first kappa shape index (κ1) is 16.3. The van der Waals surface area contributed by atoms with Gasteiger partial charge in [-0.3, -0.25) is 0 Å². The Hall–Kier alpha value is -1.06. The lowest BCUT2D eigenvalue weighted by Gasteiger charge is -2.27. The molecule has 0 aromatic heterocycles. The van der Waals surface area contributed by atoms with Crippen LogP contribution in [0.1, 0.15) is 39.2 Å². The minimum Gasteiger partial charge on any atom is -0.379 e. The molecule has 0 amide bonds. The molecule has 0 saturated heterocycles. The average Bonchev–Trinajstić information content (AvgIpc) is 2.64. The van der Waals surface area contributed by atoms with Gasteiger partial charge >= 0.3 is 0 Å². The van der Waals surface area contributed by atoms with Crippen molar-refractivity contribution in [2.45, 2.75) is 46.2 Å². The van der Waals surface area contributed by atoms with Crippen LogP contribution in [-0.4, -0.2) is 32.3 Å². The number of hydrogen-bond acceptors (Lipinski definition) is 3. The van der Waals surface area contributed by atoms with Crippen molar-refractivity contribution in [2.75, 3.05) is 31.2 Å². The van der Waals surface area contributed by atoms with Crippen LogP contribution in [0.15, 0.2) is 24.3 Å². The van der Waals surface area contributed by atoms with E-state index in [1.165, 1.54) is 24.1 Å². The minimum atomic E-state index is 0.576. The summed E-state index contributed by atoms with van der Waals surface area (Å²) in [4.78, 5) is 2.50. The van der Waals surface area contributed by atoms with Crippen LogP contribution in [0.5, 0.6) is 0 Å². The lowest BCUT2D eigenvalue weighted by Crippen LogP contribution is -2.39. The molecule has 0 radical (unpaired) electrons. The van der Waals surface area contributed by atoms with Gasteiger partial charge in [0.1, 0.15) is 0 Å². The summed E-state index contributed by atoms with van der Waals surface area (Å²) in [6, 6.07) is 9.33. The standard InChI is InChI=1S/C18H30N2O/c1-4-7-17-13-20(10-11-21-14-15(2)3)18-9-6-5-8-16(18)12-19-17/h5-6,8-9,15,17,19H,4,7,10-14H2,1-3H3. The molecular formula is C18H30N2O. The second kappa shape index (κ2) is 8.40. The molecule has 1 aliphatic heterocycles. The highest BCUT2D eigenvalue weighted by atomic mass is 16.5. The highest BCUT2D eigenvalue weighted by Gasteiger charge is 2.20. The number of benzene rings is 1. The fraction of sp³-hybridized carbons (Fsp3) is 0.667. The second-order valence-electron chi connectivity index (χ2n) is 6.41. The van der Waals surface area contributed by atoms with Crippen LogP contribution in [0.4, 0.5) is 5.69 Å². The molecule has 1 aliphatic rings. The van der Waals surface area contributed by atoms with Crippen molar-refractivity contribution in [3.63, 3.8) is 0 Å². The monoisotopic (exact) mass is 290 g/mol. The van der Waals surface area contributed by atoms with Gasteiger partial charge in [0.05, 0.1) is 6.61 Å². The third kappa shape index (κ3) is 5.01. The highest BCUT2D eigenvalue weighted by molar-refractivity contribution is 5.54. The largest absolute Gasteiger partial charge is 0.379 e. The predicted molar refractivity (Wildman–Crippen MR) is 89.8 cm³/mol. The third-order valence-electron chi connectivity index (χ3n) is 3.95. The summed E-state index contributed by atoms with van der Waals surface area (Å²) in [5.41, 5.74) is 2.77. The van der Waals surface area contributed by atoms with Crippen LogP contribution in [0, 0.1) is 5.92 Å². The Morgan fingerprint density at radius 1 is 1.33 bits per heavy atom. The molecule has 1 aromatic rings. The van der Waals surface area contributed by atoms with Gasteiger partial charge in [-0.05, 0) is 24.0 Å². The maximum Gasteiger partial charge on any atom is 0.0641 e. The Morgan fingerprint density at radius 2 is 2.14 bits per heavy atom. The van der Waals surface area contributed by atoms with Gasteiger partial charge < -0.3 is 15.0 Å². The molecule has 0 bridgehead atoms. The number of ether oxygens (including phenoxy) is 1. The van der Waals surface area contributed by atoms with E-state index >= 15 is 0 Å². The normalized spacial score (nSPS) is 18.7. The van der Waals surface area contributed by atoms with E-state index in [4.69, 9.17) is 4.74 Å². The molecular weight excluding hydrogens is 260 g/mol. The zero-order valence-corrected chi connectivity index (χ0v) is 13.8. The molecule has 1 unspecified atom stereocenters. The first-order valence-electron chi connectivity index (χ1n) is 8.34. The smallest absolute Gasteiger partial charge is 0.0641 e. The van der Waals surface area contributed by atoms with Crippen LogP contribution in [0.2, 0.25) is 0 Å². The fourth-order valence-corrected chi connectivity index (χ4v) is 2.90. The minimum absolute atomic E-state index is 0.576. The first-order valence-corrected chi connectivity index (χ1v) is 8.34. The van der Waals surface area contributed by atoms with E-state index in [1.807, 2.05) is 0 Å². The van der Waals surface area contributed by atoms with Crippen LogP contribution < -0.4 is 10.2 Å². The lowest BCUT2D eigenvalue weighted by molar-refractivity contribution is 0.115. The number of fused-ring (bicyclic) bond motifs is 1. The molecule has 21 heavy (non-hydrogen) atoms. The molecule has 1 atom stereocenters. The Kier molecular flexibility index (Phi) is 6.52. The maximum absolute atomic E-state index is 5.79. The Labute approximate surface area is 129 Å². The molecule has 118 valence electrons. The number of nitrogens with one attached hydrogen (secondary N) is 1. The molecule has 0 saturated carbocycles. The Bertz CT molecular complexity index is 419. The molecule has 1 heterocycles. The molecule has 3 nitrogen and oxygen atoms in total. The predicted octanol–water partition coefficient (Wildman–Crippen LogP) is 3.44. The fourth-order valence-electron chi connectivity index (χ4n) is 2.90. The van der Waals surface area contributed by atoms with Crippen molar-refractivity contribution in [1.29, 1.82) is 0 Å². The van der Waals surface area contributed by atoms with Crippen molar-refractivity contribution >= 4 is 5.69 Å². The second-order valence-corrected chi connectivity index (χ2v) is 6.41. The highest BCUT2D eigenvalue weighted by Crippen LogP contribution is 2.24. The Balaban J connectivity index is 2.00. The van der Waals surface area contributed by atoms with Crippen molar-refractivity contribution in [3.05, 3.63) is 29.8 Å². The van der Waals surface area contributed by atoms with Crippen LogP contribution in [0.25, 0.3) is 0 Å². The van der Waals surface area contributed by atoms with E-state index < -0.39 is 0 Å². The number of rotatable bonds is 7. The van der Waals surface area contributed by atoms with Gasteiger partial charge in [0.2, 0.25) is 0 Å². The van der Waals surface area contributed by atoms with E-state index in [2.05, 4.69) is 55.3 Å². The van der Waals surface area contributed by atoms with Crippen molar-refractivity contribution in [2.24, 2.45) is 5.92 Å². The van der Waals surface area contributed by atoms with Gasteiger partial charge in [0, 0.05) is 38.0 Å². The molecule has 0 aliphatic carbocycles. The van der Waals surface area contributed by atoms with Crippen LogP contribution in [0.3, 0.4) is 0 Å². The van der Waals surface area contributed by atoms with E-state index in [0.29, 0.717) is 12.0 Å². The van der Waals surface area contributed by atoms with Crippen molar-refractivity contribution in [3.8, 4) is 0 Å². The molecule has 0 fully saturated rings. The average molecular weight is 290 g/mol. The quantitative estimate of drug-likeness (QED) is 0.779. The van der Waals surface area contributed by atoms with Crippen molar-refractivity contribution < 1.29 is 4.74 Å². The van der Waals surface area contributed by atoms with Crippen molar-refractivity contribution in [1.82, 2.24) is 5.32 Å². The van der Waals surface area contributed by atoms with Gasteiger partial charge in [-0.15, -0.1) is 0 Å². The number of hydrogen-bond donors (Lipinski definition) is 1. The third-order valence-corrected chi connectivity index (χ3v) is 3.95. The van der Waals surface area contributed by atoms with Crippen LogP contribution >= 0.6 is 0 Å². The molecule has 1 aromatic carbocycles. The number of para-hydroxylation sites is 1. The zero-order valence-electron chi connectivity index (χ0n) is 13.8. The number of nitrogens with zero attached hydrogens (tertiary/aromatic N) is 1. The summed E-state index contributed by atoms with van der Waals surface area (Å²) in [6.45, 7) is 11.4. The summed E-state index contributed by atoms with van der Waals surface area (Å²) in [5.74, 6) is 0.607. The zero-order chi connectivity index (χ0) is 15.1. The summed E-state index contributed by atoms with van der Waals surface area (Å²) in [7, 11) is 0. The van der Waals surface area contributed by atoms with E-state index in [-0.39, 0.29) is 0 Å². The molecule has 2 rings (SSSR count). The molecule has 0 spiro atoms. The summed E-state index contributed by atoms with van der Waals surface area (Å²) in [6.07, 6.45) is 2.46. The van der Waals surface area contributed by atoms with Gasteiger partial charge in [-0.1, -0.05) is 45.4 Å². The molecule has 1 N–H and O–H groups in total. The summed E-state index contributed by atoms with van der Waals surface area (Å²) in [5, 5.41) is 3.69. The van der Waals surface area contributed by atoms with Gasteiger partial charge in [-0.2, -0.15) is 0 Å². The van der Waals surface area contributed by atoms with Gasteiger partial charge in [0.15, 0.2) is 0 Å². The van der Waals surface area contributed by atoms with Gasteiger partial charge in [0.25, 0.3) is 0 Å². The Morgan fingerprint density at radius 3 is 2.90 bits per heavy atom. The van der Waals surface area contributed by atoms with Crippen LogP contribution in [-0.2, 0) is 11.3 Å². The van der Waals surface area contributed by atoms with Gasteiger partial charge in [-0.25, -0.2) is 0 Å². The van der Waals surface area contributed by atoms with E-state index in [0.717, 1.165) is 32.8 Å². The topological polar surface area (TPSA) is 24.5 Å². The van der Waals surface area contributed by atoms with E-state index in [1.54, 1.807) is 0 Å².